The fourth-order valence-corrected chi connectivity index (χ4v) is 2.33. The van der Waals surface area contributed by atoms with Crippen LogP contribution < -0.4 is 10.1 Å². The van der Waals surface area contributed by atoms with Crippen LogP contribution in [0.3, 0.4) is 0 Å². The van der Waals surface area contributed by atoms with E-state index in [1.54, 1.807) is 0 Å². The summed E-state index contributed by atoms with van der Waals surface area (Å²) in [6, 6.07) is 6.34. The molecule has 1 N–H and O–H groups in total. The Balaban J connectivity index is 1.94. The van der Waals surface area contributed by atoms with Gasteiger partial charge in [-0.25, -0.2) is 0 Å². The molecule has 1 saturated heterocycles. The molecule has 0 aromatic heterocycles. The molecule has 0 radical (unpaired) electrons. The van der Waals surface area contributed by atoms with E-state index in [1.165, 1.54) is 24.0 Å². The SMILES string of the molecule is C/C=C\c1cc(OCC2CCNCC2)ccc1C. The molecule has 2 nitrogen and oxygen atoms in total. The Morgan fingerprint density at radius 2 is 2.11 bits per heavy atom. The monoisotopic (exact) mass is 245 g/mol. The molecular formula is C16H23NO. The lowest BCUT2D eigenvalue weighted by Crippen LogP contribution is -2.30. The van der Waals surface area contributed by atoms with Crippen LogP contribution in [-0.4, -0.2) is 19.7 Å². The summed E-state index contributed by atoms with van der Waals surface area (Å²) in [5, 5.41) is 3.38. The first-order chi connectivity index (χ1) is 8.79. The second-order valence-electron chi connectivity index (χ2n) is 5.02. The Morgan fingerprint density at radius 3 is 2.83 bits per heavy atom. The Morgan fingerprint density at radius 1 is 1.33 bits per heavy atom. The first-order valence-electron chi connectivity index (χ1n) is 6.86. The summed E-state index contributed by atoms with van der Waals surface area (Å²) < 4.78 is 5.93. The number of allylic oxidation sites excluding steroid dienone is 1. The minimum absolute atomic E-state index is 0.706. The smallest absolute Gasteiger partial charge is 0.119 e. The Bertz CT molecular complexity index is 406. The summed E-state index contributed by atoms with van der Waals surface area (Å²) in [6.07, 6.45) is 6.66. The third-order valence-electron chi connectivity index (χ3n) is 3.54. The molecule has 0 saturated carbocycles. The fraction of sp³-hybridized carbons (Fsp3) is 0.500. The van der Waals surface area contributed by atoms with Gasteiger partial charge in [-0.1, -0.05) is 18.2 Å². The van der Waals surface area contributed by atoms with Gasteiger partial charge in [-0.3, -0.25) is 0 Å². The largest absolute Gasteiger partial charge is 0.493 e. The molecule has 1 heterocycles. The maximum absolute atomic E-state index is 5.93. The number of hydrogen-bond acceptors (Lipinski definition) is 2. The second kappa shape index (κ2) is 6.60. The normalized spacial score (nSPS) is 17.2. The maximum atomic E-state index is 5.93. The van der Waals surface area contributed by atoms with Crippen molar-refractivity contribution in [1.82, 2.24) is 5.32 Å². The van der Waals surface area contributed by atoms with E-state index >= 15 is 0 Å². The Kier molecular flexibility index (Phi) is 4.82. The summed E-state index contributed by atoms with van der Waals surface area (Å²) in [6.45, 7) is 7.28. The van der Waals surface area contributed by atoms with Crippen molar-refractivity contribution in [1.29, 1.82) is 0 Å². The summed E-state index contributed by atoms with van der Waals surface area (Å²) in [4.78, 5) is 0. The minimum Gasteiger partial charge on any atom is -0.493 e. The molecular weight excluding hydrogens is 222 g/mol. The van der Waals surface area contributed by atoms with E-state index in [2.05, 4.69) is 42.6 Å². The number of aryl methyl sites for hydroxylation is 1. The van der Waals surface area contributed by atoms with Gasteiger partial charge in [0.25, 0.3) is 0 Å². The van der Waals surface area contributed by atoms with E-state index in [1.807, 2.05) is 6.92 Å². The van der Waals surface area contributed by atoms with Crippen LogP contribution >= 0.6 is 0 Å². The van der Waals surface area contributed by atoms with Crippen molar-refractivity contribution < 1.29 is 4.74 Å². The zero-order valence-electron chi connectivity index (χ0n) is 11.4. The molecule has 1 aromatic rings. The number of rotatable bonds is 4. The Hall–Kier alpha value is -1.28. The third-order valence-corrected chi connectivity index (χ3v) is 3.54. The highest BCUT2D eigenvalue weighted by Crippen LogP contribution is 2.20. The maximum Gasteiger partial charge on any atom is 0.119 e. The second-order valence-corrected chi connectivity index (χ2v) is 5.02. The molecule has 0 spiro atoms. The van der Waals surface area contributed by atoms with E-state index in [-0.39, 0.29) is 0 Å². The number of benzene rings is 1. The van der Waals surface area contributed by atoms with Gasteiger partial charge in [-0.15, -0.1) is 0 Å². The van der Waals surface area contributed by atoms with E-state index in [0.717, 1.165) is 25.4 Å². The van der Waals surface area contributed by atoms with Crippen molar-refractivity contribution in [3.63, 3.8) is 0 Å². The molecule has 1 aromatic carbocycles. The van der Waals surface area contributed by atoms with Gasteiger partial charge in [0.15, 0.2) is 0 Å². The van der Waals surface area contributed by atoms with Crippen molar-refractivity contribution in [2.24, 2.45) is 5.92 Å². The highest BCUT2D eigenvalue weighted by molar-refractivity contribution is 5.55. The van der Waals surface area contributed by atoms with Gasteiger partial charge in [-0.05, 0) is 69.0 Å². The highest BCUT2D eigenvalue weighted by atomic mass is 16.5. The average molecular weight is 245 g/mol. The number of ether oxygens (including phenoxy) is 1. The van der Waals surface area contributed by atoms with Gasteiger partial charge < -0.3 is 10.1 Å². The van der Waals surface area contributed by atoms with Crippen LogP contribution in [0.5, 0.6) is 5.75 Å². The first-order valence-corrected chi connectivity index (χ1v) is 6.86. The van der Waals surface area contributed by atoms with Crippen LogP contribution in [-0.2, 0) is 0 Å². The quantitative estimate of drug-likeness (QED) is 0.877. The van der Waals surface area contributed by atoms with Crippen LogP contribution in [0, 0.1) is 12.8 Å². The molecule has 2 rings (SSSR count). The molecule has 0 unspecified atom stereocenters. The molecule has 18 heavy (non-hydrogen) atoms. The summed E-state index contributed by atoms with van der Waals surface area (Å²) in [5.41, 5.74) is 2.54. The zero-order chi connectivity index (χ0) is 12.8. The summed E-state index contributed by atoms with van der Waals surface area (Å²) >= 11 is 0. The topological polar surface area (TPSA) is 21.3 Å². The van der Waals surface area contributed by atoms with Crippen LogP contribution in [0.1, 0.15) is 30.9 Å². The highest BCUT2D eigenvalue weighted by Gasteiger charge is 2.13. The predicted octanol–water partition coefficient (Wildman–Crippen LogP) is 3.41. The van der Waals surface area contributed by atoms with Crippen molar-refractivity contribution in [3.8, 4) is 5.75 Å². The minimum atomic E-state index is 0.706. The van der Waals surface area contributed by atoms with E-state index in [9.17, 15) is 0 Å². The molecule has 1 aliphatic rings. The molecule has 0 amide bonds. The van der Waals surface area contributed by atoms with Crippen LogP contribution in [0.2, 0.25) is 0 Å². The van der Waals surface area contributed by atoms with Crippen LogP contribution in [0.4, 0.5) is 0 Å². The van der Waals surface area contributed by atoms with Crippen LogP contribution in [0.25, 0.3) is 6.08 Å². The van der Waals surface area contributed by atoms with E-state index in [0.29, 0.717) is 5.92 Å². The molecule has 1 fully saturated rings. The molecule has 0 aliphatic carbocycles. The number of nitrogens with one attached hydrogen (secondary N) is 1. The van der Waals surface area contributed by atoms with Gasteiger partial charge in [0.1, 0.15) is 5.75 Å². The van der Waals surface area contributed by atoms with Crippen molar-refractivity contribution >= 4 is 6.08 Å². The third kappa shape index (κ3) is 3.61. The van der Waals surface area contributed by atoms with Crippen LogP contribution in [0.15, 0.2) is 24.3 Å². The Labute approximate surface area is 110 Å². The van der Waals surface area contributed by atoms with Gasteiger partial charge in [-0.2, -0.15) is 0 Å². The lowest BCUT2D eigenvalue weighted by atomic mass is 9.99. The predicted molar refractivity (Wildman–Crippen MR) is 77.0 cm³/mol. The van der Waals surface area contributed by atoms with Crippen molar-refractivity contribution in [2.75, 3.05) is 19.7 Å². The van der Waals surface area contributed by atoms with Crippen molar-refractivity contribution in [2.45, 2.75) is 26.7 Å². The van der Waals surface area contributed by atoms with Gasteiger partial charge in [0, 0.05) is 0 Å². The fourth-order valence-electron chi connectivity index (χ4n) is 2.33. The van der Waals surface area contributed by atoms with E-state index < -0.39 is 0 Å². The zero-order valence-corrected chi connectivity index (χ0v) is 11.4. The molecule has 98 valence electrons. The molecule has 0 atom stereocenters. The molecule has 1 aliphatic heterocycles. The van der Waals surface area contributed by atoms with Gasteiger partial charge >= 0.3 is 0 Å². The standard InChI is InChI=1S/C16H23NO/c1-3-4-15-11-16(6-5-13(15)2)18-12-14-7-9-17-10-8-14/h3-6,11,14,17H,7-10,12H2,1-2H3/b4-3-. The summed E-state index contributed by atoms with van der Waals surface area (Å²) in [5.74, 6) is 1.70. The van der Waals surface area contributed by atoms with E-state index in [4.69, 9.17) is 4.74 Å². The van der Waals surface area contributed by atoms with Gasteiger partial charge in [0.05, 0.1) is 6.61 Å². The number of piperidine rings is 1. The first kappa shape index (κ1) is 13.2. The lowest BCUT2D eigenvalue weighted by Gasteiger charge is -2.22. The number of hydrogen-bond donors (Lipinski definition) is 1. The average Bonchev–Trinajstić information content (AvgIpc) is 2.41. The molecule has 0 bridgehead atoms. The lowest BCUT2D eigenvalue weighted by molar-refractivity contribution is 0.215. The van der Waals surface area contributed by atoms with Crippen molar-refractivity contribution in [3.05, 3.63) is 35.4 Å². The summed E-state index contributed by atoms with van der Waals surface area (Å²) in [7, 11) is 0. The molecule has 2 heteroatoms. The van der Waals surface area contributed by atoms with Gasteiger partial charge in [0.2, 0.25) is 0 Å².